The summed E-state index contributed by atoms with van der Waals surface area (Å²) in [5, 5.41) is 13.0. The van der Waals surface area contributed by atoms with Crippen LogP contribution in [0.3, 0.4) is 0 Å². The third-order valence-corrected chi connectivity index (χ3v) is 6.03. The number of ether oxygens (including phenoxy) is 1. The molecule has 0 radical (unpaired) electrons. The third kappa shape index (κ3) is 5.12. The zero-order valence-electron chi connectivity index (χ0n) is 17.8. The molecule has 4 rings (SSSR count). The van der Waals surface area contributed by atoms with Gasteiger partial charge in [-0.15, -0.1) is 0 Å². The average molecular weight is 459 g/mol. The fourth-order valence-electron chi connectivity index (χ4n) is 4.11. The molecule has 0 atom stereocenters. The van der Waals surface area contributed by atoms with Crippen molar-refractivity contribution in [3.8, 4) is 11.1 Å². The van der Waals surface area contributed by atoms with Gasteiger partial charge in [-0.3, -0.25) is 4.79 Å². The van der Waals surface area contributed by atoms with Crippen molar-refractivity contribution in [2.45, 2.75) is 37.5 Å². The van der Waals surface area contributed by atoms with Crippen LogP contribution in [-0.2, 0) is 34.2 Å². The van der Waals surface area contributed by atoms with Crippen molar-refractivity contribution in [3.05, 3.63) is 83.3 Å². The number of halogens is 3. The number of nitrogens with one attached hydrogen (secondary N) is 1. The molecule has 8 heteroatoms. The number of furan rings is 1. The highest BCUT2D eigenvalue weighted by Gasteiger charge is 2.42. The topological polar surface area (TPSA) is 71.7 Å². The van der Waals surface area contributed by atoms with Gasteiger partial charge >= 0.3 is 12.1 Å². The van der Waals surface area contributed by atoms with Gasteiger partial charge in [0.2, 0.25) is 5.76 Å². The first-order valence-corrected chi connectivity index (χ1v) is 10.7. The summed E-state index contributed by atoms with van der Waals surface area (Å²) < 4.78 is 48.0. The van der Waals surface area contributed by atoms with Crippen molar-refractivity contribution < 1.29 is 32.2 Å². The maximum atomic E-state index is 12.6. The van der Waals surface area contributed by atoms with Crippen molar-refractivity contribution in [3.63, 3.8) is 0 Å². The lowest BCUT2D eigenvalue weighted by atomic mass is 9.73. The highest BCUT2D eigenvalue weighted by Crippen LogP contribution is 2.37. The van der Waals surface area contributed by atoms with E-state index in [0.29, 0.717) is 32.6 Å². The largest absolute Gasteiger partial charge is 0.481 e. The molecule has 1 aromatic heterocycles. The van der Waals surface area contributed by atoms with Crippen LogP contribution in [0.25, 0.3) is 11.1 Å². The second-order valence-corrected chi connectivity index (χ2v) is 8.14. The summed E-state index contributed by atoms with van der Waals surface area (Å²) in [7, 11) is 0. The van der Waals surface area contributed by atoms with Gasteiger partial charge in [0.05, 0.1) is 12.0 Å². The van der Waals surface area contributed by atoms with Crippen molar-refractivity contribution in [1.29, 1.82) is 0 Å². The van der Waals surface area contributed by atoms with Gasteiger partial charge in [-0.05, 0) is 47.2 Å². The minimum absolute atomic E-state index is 0.181. The fourth-order valence-corrected chi connectivity index (χ4v) is 4.11. The van der Waals surface area contributed by atoms with E-state index >= 15 is 0 Å². The summed E-state index contributed by atoms with van der Waals surface area (Å²) >= 11 is 0. The van der Waals surface area contributed by atoms with Crippen LogP contribution in [0.2, 0.25) is 0 Å². The Bertz CT molecular complexity index is 1100. The molecule has 0 bridgehead atoms. The molecule has 0 saturated carbocycles. The standard InChI is InChI=1S/C25H24F3NO4/c26-25(27,28)22-9-8-21(33-22)16-29-15-17-4-6-18(7-5-17)19-2-1-3-20(14-19)24(23(30)31)10-12-32-13-11-24/h1-9,14,29H,10-13,15-16H2,(H,30,31). The van der Waals surface area contributed by atoms with Crippen LogP contribution in [0.5, 0.6) is 0 Å². The molecule has 0 unspecified atom stereocenters. The quantitative estimate of drug-likeness (QED) is 0.496. The van der Waals surface area contributed by atoms with E-state index in [-0.39, 0.29) is 12.3 Å². The Hall–Kier alpha value is -3.10. The molecular weight excluding hydrogens is 435 g/mol. The summed E-state index contributed by atoms with van der Waals surface area (Å²) in [6.07, 6.45) is -3.60. The maximum absolute atomic E-state index is 12.6. The lowest BCUT2D eigenvalue weighted by Crippen LogP contribution is -2.41. The monoisotopic (exact) mass is 459 g/mol. The number of hydrogen-bond donors (Lipinski definition) is 2. The van der Waals surface area contributed by atoms with E-state index in [1.165, 1.54) is 6.07 Å². The SMILES string of the molecule is O=C(O)C1(c2cccc(-c3ccc(CNCc4ccc(C(F)(F)F)o4)cc3)c2)CCOCC1. The maximum Gasteiger partial charge on any atom is 0.449 e. The van der Waals surface area contributed by atoms with E-state index in [9.17, 15) is 23.1 Å². The number of hydrogen-bond acceptors (Lipinski definition) is 4. The van der Waals surface area contributed by atoms with Crippen LogP contribution in [-0.4, -0.2) is 24.3 Å². The molecule has 174 valence electrons. The minimum Gasteiger partial charge on any atom is -0.481 e. The third-order valence-electron chi connectivity index (χ3n) is 6.03. The summed E-state index contributed by atoms with van der Waals surface area (Å²) in [5.74, 6) is -1.61. The molecule has 1 aliphatic heterocycles. The molecule has 2 aromatic carbocycles. The summed E-state index contributed by atoms with van der Waals surface area (Å²) in [4.78, 5) is 12.1. The van der Waals surface area contributed by atoms with Crippen molar-refractivity contribution in [1.82, 2.24) is 5.32 Å². The van der Waals surface area contributed by atoms with Gasteiger partial charge in [-0.2, -0.15) is 13.2 Å². The van der Waals surface area contributed by atoms with E-state index in [0.717, 1.165) is 28.3 Å². The predicted octanol–water partition coefficient (Wildman–Crippen LogP) is 5.39. The summed E-state index contributed by atoms with van der Waals surface area (Å²) in [5.41, 5.74) is 2.68. The van der Waals surface area contributed by atoms with Gasteiger partial charge in [0, 0.05) is 19.8 Å². The van der Waals surface area contributed by atoms with Crippen molar-refractivity contribution >= 4 is 5.97 Å². The van der Waals surface area contributed by atoms with Crippen molar-refractivity contribution in [2.75, 3.05) is 13.2 Å². The van der Waals surface area contributed by atoms with Gasteiger partial charge in [0.15, 0.2) is 0 Å². The molecule has 33 heavy (non-hydrogen) atoms. The highest BCUT2D eigenvalue weighted by atomic mass is 19.4. The van der Waals surface area contributed by atoms with Gasteiger partial charge in [0.1, 0.15) is 5.76 Å². The van der Waals surface area contributed by atoms with Gasteiger partial charge in [0.25, 0.3) is 0 Å². The Balaban J connectivity index is 1.41. The van der Waals surface area contributed by atoms with Gasteiger partial charge in [-0.1, -0.05) is 48.5 Å². The Kier molecular flexibility index (Phi) is 6.58. The van der Waals surface area contributed by atoms with Crippen LogP contribution >= 0.6 is 0 Å². The summed E-state index contributed by atoms with van der Waals surface area (Å²) in [6, 6.07) is 17.6. The van der Waals surface area contributed by atoms with Gasteiger partial charge in [-0.25, -0.2) is 0 Å². The average Bonchev–Trinajstić information content (AvgIpc) is 3.30. The first-order chi connectivity index (χ1) is 15.8. The minimum atomic E-state index is -4.49. The second-order valence-electron chi connectivity index (χ2n) is 8.14. The predicted molar refractivity (Wildman–Crippen MR) is 115 cm³/mol. The first-order valence-electron chi connectivity index (χ1n) is 10.7. The Morgan fingerprint density at radius 2 is 1.70 bits per heavy atom. The number of aliphatic carboxylic acids is 1. The molecule has 1 saturated heterocycles. The number of carbonyl (C=O) groups is 1. The smallest absolute Gasteiger partial charge is 0.449 e. The normalized spacial score (nSPS) is 16.0. The number of rotatable bonds is 7. The molecule has 0 spiro atoms. The number of alkyl halides is 3. The zero-order chi connectivity index (χ0) is 23.5. The molecule has 5 nitrogen and oxygen atoms in total. The highest BCUT2D eigenvalue weighted by molar-refractivity contribution is 5.82. The second kappa shape index (κ2) is 9.41. The lowest BCUT2D eigenvalue weighted by molar-refractivity contribution is -0.153. The molecular formula is C25H24F3NO4. The van der Waals surface area contributed by atoms with Crippen LogP contribution < -0.4 is 5.32 Å². The molecule has 1 aliphatic rings. The zero-order valence-corrected chi connectivity index (χ0v) is 17.8. The Morgan fingerprint density at radius 1 is 0.970 bits per heavy atom. The molecule has 2 heterocycles. The molecule has 2 N–H and O–H groups in total. The number of carboxylic acids is 1. The Labute approximate surface area is 189 Å². The van der Waals surface area contributed by atoms with E-state index in [1.54, 1.807) is 0 Å². The summed E-state index contributed by atoms with van der Waals surface area (Å²) in [6.45, 7) is 1.49. The first kappa shape index (κ1) is 23.1. The Morgan fingerprint density at radius 3 is 2.33 bits per heavy atom. The number of carboxylic acid groups (broad SMARTS) is 1. The molecule has 0 amide bonds. The van der Waals surface area contributed by atoms with Crippen LogP contribution in [0.15, 0.2) is 65.1 Å². The molecule has 0 aliphatic carbocycles. The van der Waals surface area contributed by atoms with Crippen LogP contribution in [0.1, 0.15) is 35.5 Å². The van der Waals surface area contributed by atoms with E-state index < -0.39 is 23.3 Å². The van der Waals surface area contributed by atoms with E-state index in [2.05, 4.69) is 5.32 Å². The molecule has 3 aromatic rings. The van der Waals surface area contributed by atoms with Crippen LogP contribution in [0, 0.1) is 0 Å². The van der Waals surface area contributed by atoms with Crippen LogP contribution in [0.4, 0.5) is 13.2 Å². The fraction of sp³-hybridized carbons (Fsp3) is 0.320. The number of benzene rings is 2. The van der Waals surface area contributed by atoms with E-state index in [4.69, 9.17) is 9.15 Å². The van der Waals surface area contributed by atoms with E-state index in [1.807, 2.05) is 48.5 Å². The van der Waals surface area contributed by atoms with Crippen molar-refractivity contribution in [2.24, 2.45) is 0 Å². The molecule has 1 fully saturated rings. The lowest BCUT2D eigenvalue weighted by Gasteiger charge is -2.33. The van der Waals surface area contributed by atoms with Gasteiger partial charge < -0.3 is 19.6 Å².